The first kappa shape index (κ1) is 19.7. The normalized spacial score (nSPS) is 10.3. The van der Waals surface area contributed by atoms with Crippen LogP contribution in [0.15, 0.2) is 85.3 Å². The smallest absolute Gasteiger partial charge is 0.287 e. The summed E-state index contributed by atoms with van der Waals surface area (Å²) in [5.41, 5.74) is 2.44. The number of carbonyl (C=O) groups excluding carboxylic acids is 1. The molecule has 0 unspecified atom stereocenters. The molecule has 0 saturated carbocycles. The summed E-state index contributed by atoms with van der Waals surface area (Å²) < 4.78 is 7.17. The van der Waals surface area contributed by atoms with Crippen molar-refractivity contribution < 1.29 is 31.1 Å². The summed E-state index contributed by atoms with van der Waals surface area (Å²) in [6, 6.07) is 23.5. The largest absolute Gasteiger partial charge is 1.00 e. The molecular formula is C23H19BrN2O2. The molecule has 0 aliphatic rings. The highest BCUT2D eigenvalue weighted by molar-refractivity contribution is 5.99. The number of nitrogens with zero attached hydrogens (tertiary/aromatic N) is 2. The monoisotopic (exact) mass is 434 g/mol. The number of fused-ring (bicyclic) bond motifs is 1. The van der Waals surface area contributed by atoms with Gasteiger partial charge in [-0.3, -0.25) is 4.79 Å². The summed E-state index contributed by atoms with van der Waals surface area (Å²) in [6.07, 6.45) is 3.55. The van der Waals surface area contributed by atoms with Crippen LogP contribution in [0.2, 0.25) is 0 Å². The van der Waals surface area contributed by atoms with E-state index in [-0.39, 0.29) is 29.3 Å². The minimum absolute atomic E-state index is 0. The minimum Gasteiger partial charge on any atom is -1.00 e. The van der Waals surface area contributed by atoms with Gasteiger partial charge in [0.15, 0.2) is 12.2 Å². The van der Waals surface area contributed by atoms with Gasteiger partial charge in [-0.1, -0.05) is 48.5 Å². The molecule has 4 rings (SSSR count). The highest BCUT2D eigenvalue weighted by atomic mass is 79.9. The van der Waals surface area contributed by atoms with Crippen LogP contribution in [0.3, 0.4) is 0 Å². The number of para-hydroxylation sites is 1. The van der Waals surface area contributed by atoms with Gasteiger partial charge >= 0.3 is 0 Å². The SMILES string of the molecule is COc1ccccc1-c1cc[n+](CC(=O)c2ccc3ccccc3c2)cn1.[Br-]. The van der Waals surface area contributed by atoms with Crippen LogP contribution in [0.1, 0.15) is 10.4 Å². The van der Waals surface area contributed by atoms with Crippen molar-refractivity contribution in [3.63, 3.8) is 0 Å². The van der Waals surface area contributed by atoms with Crippen molar-refractivity contribution >= 4 is 16.6 Å². The molecule has 0 bridgehead atoms. The Kier molecular flexibility index (Phi) is 6.16. The Bertz CT molecular complexity index is 1110. The van der Waals surface area contributed by atoms with Crippen LogP contribution >= 0.6 is 0 Å². The number of hydrogen-bond acceptors (Lipinski definition) is 3. The molecule has 0 radical (unpaired) electrons. The Morgan fingerprint density at radius 2 is 1.71 bits per heavy atom. The maximum atomic E-state index is 12.6. The summed E-state index contributed by atoms with van der Waals surface area (Å²) in [5, 5.41) is 2.20. The van der Waals surface area contributed by atoms with Crippen LogP contribution in [0.4, 0.5) is 0 Å². The van der Waals surface area contributed by atoms with Crippen LogP contribution in [-0.2, 0) is 6.54 Å². The Morgan fingerprint density at radius 1 is 0.964 bits per heavy atom. The zero-order valence-corrected chi connectivity index (χ0v) is 17.0. The van der Waals surface area contributed by atoms with Gasteiger partial charge in [-0.2, -0.15) is 0 Å². The second-order valence-corrected chi connectivity index (χ2v) is 6.30. The van der Waals surface area contributed by atoms with Gasteiger partial charge in [0.05, 0.1) is 18.9 Å². The van der Waals surface area contributed by atoms with Gasteiger partial charge < -0.3 is 21.7 Å². The summed E-state index contributed by atoms with van der Waals surface area (Å²) in [6.45, 7) is 0.248. The molecule has 0 atom stereocenters. The molecule has 0 spiro atoms. The number of halogens is 1. The zero-order valence-electron chi connectivity index (χ0n) is 15.4. The summed E-state index contributed by atoms with van der Waals surface area (Å²) >= 11 is 0. The quantitative estimate of drug-likeness (QED) is 0.348. The number of benzene rings is 3. The number of carbonyl (C=O) groups is 1. The minimum atomic E-state index is 0. The first-order valence-corrected chi connectivity index (χ1v) is 8.75. The maximum absolute atomic E-state index is 12.6. The molecule has 140 valence electrons. The Labute approximate surface area is 174 Å². The molecule has 0 aliphatic carbocycles. The highest BCUT2D eigenvalue weighted by Gasteiger charge is 2.14. The van der Waals surface area contributed by atoms with Crippen molar-refractivity contribution in [1.29, 1.82) is 0 Å². The number of hydrogen-bond donors (Lipinski definition) is 0. The first-order valence-electron chi connectivity index (χ1n) is 8.75. The van der Waals surface area contributed by atoms with E-state index in [1.807, 2.05) is 79.0 Å². The maximum Gasteiger partial charge on any atom is 0.287 e. The van der Waals surface area contributed by atoms with E-state index in [1.165, 1.54) is 0 Å². The Balaban J connectivity index is 0.00000225. The number of ketones is 1. The topological polar surface area (TPSA) is 43.1 Å². The predicted octanol–water partition coefficient (Wildman–Crippen LogP) is 1.08. The van der Waals surface area contributed by atoms with Crippen molar-refractivity contribution in [2.24, 2.45) is 0 Å². The van der Waals surface area contributed by atoms with Crippen molar-refractivity contribution in [3.8, 4) is 17.0 Å². The predicted molar refractivity (Wildman–Crippen MR) is 105 cm³/mol. The number of Topliss-reactive ketones (excluding diaryl/α,β-unsaturated/α-hetero) is 1. The summed E-state index contributed by atoms with van der Waals surface area (Å²) in [5.74, 6) is 0.826. The first-order chi connectivity index (χ1) is 13.2. The molecule has 1 heterocycles. The third-order valence-electron chi connectivity index (χ3n) is 4.55. The van der Waals surface area contributed by atoms with E-state index in [1.54, 1.807) is 18.0 Å². The molecule has 28 heavy (non-hydrogen) atoms. The van der Waals surface area contributed by atoms with Gasteiger partial charge in [-0.25, -0.2) is 4.57 Å². The van der Waals surface area contributed by atoms with E-state index in [0.29, 0.717) is 5.56 Å². The van der Waals surface area contributed by atoms with E-state index in [0.717, 1.165) is 27.8 Å². The molecule has 0 N–H and O–H groups in total. The zero-order chi connectivity index (χ0) is 18.6. The second-order valence-electron chi connectivity index (χ2n) is 6.30. The van der Waals surface area contributed by atoms with E-state index >= 15 is 0 Å². The third kappa shape index (κ3) is 4.10. The second kappa shape index (κ2) is 8.76. The van der Waals surface area contributed by atoms with Crippen LogP contribution < -0.4 is 26.3 Å². The summed E-state index contributed by atoms with van der Waals surface area (Å²) in [7, 11) is 1.64. The van der Waals surface area contributed by atoms with Crippen LogP contribution in [0.5, 0.6) is 5.75 Å². The lowest BCUT2D eigenvalue weighted by atomic mass is 10.0. The lowest BCUT2D eigenvalue weighted by Gasteiger charge is -2.05. The molecule has 5 heteroatoms. The molecule has 0 fully saturated rings. The fourth-order valence-corrected chi connectivity index (χ4v) is 3.11. The molecule has 0 amide bonds. The molecule has 0 aliphatic heterocycles. The molecule has 0 saturated heterocycles. The van der Waals surface area contributed by atoms with E-state index in [4.69, 9.17) is 4.74 Å². The molecule has 4 nitrogen and oxygen atoms in total. The third-order valence-corrected chi connectivity index (χ3v) is 4.55. The lowest BCUT2D eigenvalue weighted by molar-refractivity contribution is -0.686. The number of aromatic nitrogens is 2. The lowest BCUT2D eigenvalue weighted by Crippen LogP contribution is -3.00. The number of rotatable bonds is 5. The fourth-order valence-electron chi connectivity index (χ4n) is 3.11. The average Bonchev–Trinajstić information content (AvgIpc) is 2.74. The van der Waals surface area contributed by atoms with Crippen molar-refractivity contribution in [3.05, 3.63) is 90.9 Å². The highest BCUT2D eigenvalue weighted by Crippen LogP contribution is 2.27. The van der Waals surface area contributed by atoms with Gasteiger partial charge in [0, 0.05) is 11.6 Å². The molecule has 4 aromatic rings. The Hall–Kier alpha value is -3.05. The van der Waals surface area contributed by atoms with Crippen molar-refractivity contribution in [2.75, 3.05) is 7.11 Å². The van der Waals surface area contributed by atoms with Crippen molar-refractivity contribution in [2.45, 2.75) is 6.54 Å². The fraction of sp³-hybridized carbons (Fsp3) is 0.0870. The van der Waals surface area contributed by atoms with Crippen LogP contribution in [0.25, 0.3) is 22.0 Å². The number of ether oxygens (including phenoxy) is 1. The van der Waals surface area contributed by atoms with Gasteiger partial charge in [0.25, 0.3) is 6.33 Å². The van der Waals surface area contributed by atoms with E-state index < -0.39 is 0 Å². The molecular weight excluding hydrogens is 416 g/mol. The van der Waals surface area contributed by atoms with E-state index in [9.17, 15) is 4.79 Å². The van der Waals surface area contributed by atoms with E-state index in [2.05, 4.69) is 4.98 Å². The average molecular weight is 435 g/mol. The van der Waals surface area contributed by atoms with Gasteiger partial charge in [-0.15, -0.1) is 0 Å². The molecule has 3 aromatic carbocycles. The van der Waals surface area contributed by atoms with Gasteiger partial charge in [0.2, 0.25) is 5.78 Å². The van der Waals surface area contributed by atoms with Crippen LogP contribution in [0, 0.1) is 0 Å². The van der Waals surface area contributed by atoms with Gasteiger partial charge in [-0.05, 0) is 34.0 Å². The summed E-state index contributed by atoms with van der Waals surface area (Å²) in [4.78, 5) is 17.1. The number of methoxy groups -OCH3 is 1. The molecule has 1 aromatic heterocycles. The van der Waals surface area contributed by atoms with Gasteiger partial charge in [0.1, 0.15) is 5.75 Å². The standard InChI is InChI=1S/C23H19N2O2.BrH/c1-27-23-9-5-4-8-20(23)21-12-13-25(16-24-21)15-22(26)19-11-10-17-6-2-3-7-18(17)14-19;/h2-14,16H,15H2,1H3;1H/q+1;/p-1. The van der Waals surface area contributed by atoms with Crippen LogP contribution in [-0.4, -0.2) is 17.9 Å². The van der Waals surface area contributed by atoms with Crippen molar-refractivity contribution in [1.82, 2.24) is 4.98 Å². The Morgan fingerprint density at radius 3 is 2.46 bits per heavy atom.